The lowest BCUT2D eigenvalue weighted by Crippen LogP contribution is -2.15. The summed E-state index contributed by atoms with van der Waals surface area (Å²) in [4.78, 5) is 11.7. The fourth-order valence-corrected chi connectivity index (χ4v) is 3.18. The number of aryl methyl sites for hydroxylation is 1. The summed E-state index contributed by atoms with van der Waals surface area (Å²) >= 11 is 0. The summed E-state index contributed by atoms with van der Waals surface area (Å²) in [6.07, 6.45) is 6.36. The van der Waals surface area contributed by atoms with E-state index in [0.717, 1.165) is 29.0 Å². The molecule has 0 bridgehead atoms. The fourth-order valence-electron chi connectivity index (χ4n) is 3.18. The van der Waals surface area contributed by atoms with Crippen LogP contribution in [0.3, 0.4) is 0 Å². The van der Waals surface area contributed by atoms with Crippen molar-refractivity contribution in [2.24, 2.45) is 7.05 Å². The van der Waals surface area contributed by atoms with Crippen molar-refractivity contribution in [3.8, 4) is 28.8 Å². The molecule has 0 aliphatic carbocycles. The molecular formula is C21H19N5O3. The summed E-state index contributed by atoms with van der Waals surface area (Å²) < 4.78 is 13.2. The van der Waals surface area contributed by atoms with Crippen LogP contribution < -0.4 is 15.0 Å². The van der Waals surface area contributed by atoms with Crippen LogP contribution in [0, 0.1) is 18.3 Å². The predicted molar refractivity (Wildman–Crippen MR) is 107 cm³/mol. The van der Waals surface area contributed by atoms with Crippen LogP contribution in [0.25, 0.3) is 23.4 Å². The zero-order valence-electron chi connectivity index (χ0n) is 16.1. The highest BCUT2D eigenvalue weighted by Crippen LogP contribution is 2.35. The first kappa shape index (κ1) is 18.5. The molecule has 8 nitrogen and oxygen atoms in total. The molecule has 0 amide bonds. The molecule has 0 unspecified atom stereocenters. The number of fused-ring (bicyclic) bond motifs is 1. The second kappa shape index (κ2) is 7.64. The highest BCUT2D eigenvalue weighted by molar-refractivity contribution is 5.79. The highest BCUT2D eigenvalue weighted by atomic mass is 16.5. The van der Waals surface area contributed by atoms with Crippen molar-refractivity contribution in [3.05, 3.63) is 57.1 Å². The Hall–Kier alpha value is -3.86. The highest BCUT2D eigenvalue weighted by Gasteiger charge is 2.15. The molecule has 1 aliphatic rings. The molecule has 3 aromatic rings. The Labute approximate surface area is 167 Å². The van der Waals surface area contributed by atoms with Crippen LogP contribution in [0.15, 0.2) is 29.2 Å². The maximum absolute atomic E-state index is 11.7. The number of benzene rings is 1. The minimum Gasteiger partial charge on any atom is -0.490 e. The third kappa shape index (κ3) is 3.62. The van der Waals surface area contributed by atoms with Gasteiger partial charge in [-0.1, -0.05) is 0 Å². The van der Waals surface area contributed by atoms with Crippen molar-refractivity contribution in [1.82, 2.24) is 20.0 Å². The van der Waals surface area contributed by atoms with E-state index >= 15 is 0 Å². The molecule has 0 saturated carbocycles. The van der Waals surface area contributed by atoms with E-state index in [2.05, 4.69) is 15.3 Å². The zero-order chi connectivity index (χ0) is 20.4. The van der Waals surface area contributed by atoms with Gasteiger partial charge in [0.15, 0.2) is 11.5 Å². The fraction of sp³-hybridized carbons (Fsp3) is 0.238. The number of hydrogen-bond acceptors (Lipinski definition) is 6. The van der Waals surface area contributed by atoms with Crippen LogP contribution in [-0.2, 0) is 7.05 Å². The Kier molecular flexibility index (Phi) is 4.87. The number of aromatic nitrogens is 4. The average Bonchev–Trinajstić information content (AvgIpc) is 2.93. The van der Waals surface area contributed by atoms with Gasteiger partial charge in [-0.15, -0.1) is 0 Å². The van der Waals surface area contributed by atoms with Gasteiger partial charge in [0.05, 0.1) is 24.6 Å². The van der Waals surface area contributed by atoms with Gasteiger partial charge >= 0.3 is 0 Å². The molecule has 3 heterocycles. The van der Waals surface area contributed by atoms with Crippen LogP contribution >= 0.6 is 0 Å². The lowest BCUT2D eigenvalue weighted by molar-refractivity contribution is 0.297. The molecule has 8 heteroatoms. The van der Waals surface area contributed by atoms with Gasteiger partial charge in [-0.05, 0) is 42.8 Å². The zero-order valence-corrected chi connectivity index (χ0v) is 16.1. The van der Waals surface area contributed by atoms with Crippen molar-refractivity contribution in [1.29, 1.82) is 5.26 Å². The first-order valence-corrected chi connectivity index (χ1v) is 9.18. The van der Waals surface area contributed by atoms with E-state index in [1.165, 1.54) is 0 Å². The average molecular weight is 389 g/mol. The summed E-state index contributed by atoms with van der Waals surface area (Å²) in [6, 6.07) is 7.69. The van der Waals surface area contributed by atoms with Gasteiger partial charge in [0.25, 0.3) is 5.56 Å². The van der Waals surface area contributed by atoms with Crippen LogP contribution in [-0.4, -0.2) is 33.2 Å². The van der Waals surface area contributed by atoms with Gasteiger partial charge in [0.1, 0.15) is 11.6 Å². The Balaban J connectivity index is 1.72. The summed E-state index contributed by atoms with van der Waals surface area (Å²) in [7, 11) is 1.85. The molecule has 4 rings (SSSR count). The molecule has 0 spiro atoms. The monoisotopic (exact) mass is 389 g/mol. The molecule has 0 fully saturated rings. The van der Waals surface area contributed by atoms with Crippen molar-refractivity contribution in [2.75, 3.05) is 13.2 Å². The summed E-state index contributed by atoms with van der Waals surface area (Å²) in [6.45, 7) is 2.96. The third-order valence-corrected chi connectivity index (χ3v) is 4.67. The van der Waals surface area contributed by atoms with Gasteiger partial charge < -0.3 is 9.47 Å². The molecule has 0 atom stereocenters. The van der Waals surface area contributed by atoms with Crippen LogP contribution in [0.4, 0.5) is 0 Å². The number of rotatable bonds is 3. The maximum atomic E-state index is 11.7. The molecule has 1 aromatic carbocycles. The summed E-state index contributed by atoms with van der Waals surface area (Å²) in [5.41, 5.74) is 3.18. The van der Waals surface area contributed by atoms with E-state index in [1.54, 1.807) is 17.7 Å². The predicted octanol–water partition coefficient (Wildman–Crippen LogP) is 2.68. The van der Waals surface area contributed by atoms with Crippen LogP contribution in [0.2, 0.25) is 0 Å². The van der Waals surface area contributed by atoms with Gasteiger partial charge in [0, 0.05) is 30.8 Å². The molecule has 29 heavy (non-hydrogen) atoms. The van der Waals surface area contributed by atoms with Crippen LogP contribution in [0.1, 0.15) is 28.8 Å². The third-order valence-electron chi connectivity index (χ3n) is 4.67. The largest absolute Gasteiger partial charge is 0.490 e. The Morgan fingerprint density at radius 3 is 2.83 bits per heavy atom. The molecule has 1 aliphatic heterocycles. The normalized spacial score (nSPS) is 13.3. The van der Waals surface area contributed by atoms with E-state index < -0.39 is 5.56 Å². The van der Waals surface area contributed by atoms with E-state index in [1.807, 2.05) is 43.6 Å². The number of hydrogen-bond donors (Lipinski definition) is 1. The first-order chi connectivity index (χ1) is 14.1. The maximum Gasteiger partial charge on any atom is 0.282 e. The number of nitrogens with one attached hydrogen (secondary N) is 1. The molecule has 2 aromatic heterocycles. The minimum atomic E-state index is -0.489. The van der Waals surface area contributed by atoms with E-state index in [4.69, 9.17) is 14.7 Å². The molecule has 0 radical (unpaired) electrons. The van der Waals surface area contributed by atoms with E-state index in [0.29, 0.717) is 30.2 Å². The Bertz CT molecular complexity index is 1200. The second-order valence-electron chi connectivity index (χ2n) is 6.70. The quantitative estimate of drug-likeness (QED) is 0.738. The lowest BCUT2D eigenvalue weighted by Gasteiger charge is -2.08. The SMILES string of the molecule is Cc1c(/C=C/c2cn(C)nc2-c2ccc3c(c2)OCCCO3)n[nH]c(=O)c1C#N. The van der Waals surface area contributed by atoms with Crippen molar-refractivity contribution in [2.45, 2.75) is 13.3 Å². The molecule has 146 valence electrons. The Morgan fingerprint density at radius 1 is 1.24 bits per heavy atom. The smallest absolute Gasteiger partial charge is 0.282 e. The first-order valence-electron chi connectivity index (χ1n) is 9.18. The summed E-state index contributed by atoms with van der Waals surface area (Å²) in [5.74, 6) is 1.44. The minimum absolute atomic E-state index is 0.0639. The molecule has 0 saturated heterocycles. The number of nitriles is 1. The number of H-pyrrole nitrogens is 1. The van der Waals surface area contributed by atoms with Gasteiger partial charge in [-0.3, -0.25) is 9.48 Å². The second-order valence-corrected chi connectivity index (χ2v) is 6.70. The molecule has 1 N–H and O–H groups in total. The molecular weight excluding hydrogens is 370 g/mol. The van der Waals surface area contributed by atoms with Gasteiger partial charge in [-0.25, -0.2) is 5.10 Å². The van der Waals surface area contributed by atoms with Gasteiger partial charge in [-0.2, -0.15) is 15.5 Å². The van der Waals surface area contributed by atoms with E-state index in [9.17, 15) is 4.79 Å². The van der Waals surface area contributed by atoms with Crippen molar-refractivity contribution in [3.63, 3.8) is 0 Å². The van der Waals surface area contributed by atoms with Crippen molar-refractivity contribution >= 4 is 12.2 Å². The van der Waals surface area contributed by atoms with Crippen LogP contribution in [0.5, 0.6) is 11.5 Å². The van der Waals surface area contributed by atoms with E-state index in [-0.39, 0.29) is 5.56 Å². The standard InChI is InChI=1S/C21H19N5O3/c1-13-16(11-22)21(27)24-23-17(13)6-4-15-12-26(2)25-20(15)14-5-7-18-19(10-14)29-9-3-8-28-18/h4-7,10,12H,3,8-9H2,1-2H3,(H,24,27)/b6-4+. The van der Waals surface area contributed by atoms with Crippen molar-refractivity contribution < 1.29 is 9.47 Å². The topological polar surface area (TPSA) is 106 Å². The lowest BCUT2D eigenvalue weighted by atomic mass is 10.1. The number of aromatic amines is 1. The number of nitrogens with zero attached hydrogens (tertiary/aromatic N) is 4. The van der Waals surface area contributed by atoms with Gasteiger partial charge in [0.2, 0.25) is 0 Å². The number of ether oxygens (including phenoxy) is 2. The Morgan fingerprint density at radius 2 is 2.03 bits per heavy atom. The summed E-state index contributed by atoms with van der Waals surface area (Å²) in [5, 5.41) is 20.1.